The summed E-state index contributed by atoms with van der Waals surface area (Å²) in [7, 11) is 3.26. The van der Waals surface area contributed by atoms with Gasteiger partial charge in [0.05, 0.1) is 19.7 Å². The van der Waals surface area contributed by atoms with Crippen molar-refractivity contribution in [3.05, 3.63) is 16.9 Å². The van der Waals surface area contributed by atoms with E-state index in [1.165, 1.54) is 25.7 Å². The van der Waals surface area contributed by atoms with Gasteiger partial charge in [-0.15, -0.1) is 0 Å². The third-order valence-corrected chi connectivity index (χ3v) is 4.78. The van der Waals surface area contributed by atoms with Crippen LogP contribution in [-0.2, 0) is 0 Å². The van der Waals surface area contributed by atoms with Crippen molar-refractivity contribution in [3.8, 4) is 11.5 Å². The summed E-state index contributed by atoms with van der Waals surface area (Å²) in [5.74, 6) is 3.01. The molecule has 0 radical (unpaired) electrons. The van der Waals surface area contributed by atoms with Gasteiger partial charge in [0.15, 0.2) is 16.3 Å². The summed E-state index contributed by atoms with van der Waals surface area (Å²) in [5.41, 5.74) is 0.898. The average Bonchev–Trinajstić information content (AvgIpc) is 2.55. The van der Waals surface area contributed by atoms with Gasteiger partial charge in [-0.25, -0.2) is 4.98 Å². The predicted molar refractivity (Wildman–Crippen MR) is 95.1 cm³/mol. The predicted octanol–water partition coefficient (Wildman–Crippen LogP) is 4.30. The van der Waals surface area contributed by atoms with Crippen LogP contribution in [0.15, 0.2) is 12.1 Å². The molecule has 0 bridgehead atoms. The van der Waals surface area contributed by atoms with E-state index in [4.69, 9.17) is 21.7 Å². The van der Waals surface area contributed by atoms with Gasteiger partial charge >= 0.3 is 0 Å². The zero-order chi connectivity index (χ0) is 16.4. The molecule has 0 aliphatic heterocycles. The van der Waals surface area contributed by atoms with Gasteiger partial charge in [-0.05, 0) is 49.9 Å². The first-order chi connectivity index (χ1) is 11.1. The number of hydrogen-bond donors (Lipinski definition) is 2. The first-order valence-corrected chi connectivity index (χ1v) is 8.44. The molecule has 2 N–H and O–H groups in total. The minimum Gasteiger partial charge on any atom is -0.493 e. The molecular formula is C17H23N3O2S. The minimum atomic E-state index is 0.451. The number of ether oxygens (including phenoxy) is 2. The molecular weight excluding hydrogens is 310 g/mol. The second kappa shape index (κ2) is 6.74. The van der Waals surface area contributed by atoms with Gasteiger partial charge in [0.25, 0.3) is 0 Å². The third kappa shape index (κ3) is 3.42. The lowest BCUT2D eigenvalue weighted by atomic mass is 9.87. The number of hydrogen-bond acceptors (Lipinski definition) is 5. The number of aromatic nitrogens is 2. The van der Waals surface area contributed by atoms with E-state index in [1.807, 2.05) is 12.1 Å². The molecule has 1 aromatic heterocycles. The Hall–Kier alpha value is -1.82. The lowest BCUT2D eigenvalue weighted by molar-refractivity contribution is 0.355. The quantitative estimate of drug-likeness (QED) is 0.817. The standard InChI is InChI=1S/C17H23N3O2S/c1-10-4-6-11(7-5-10)18-16-12-8-14(21-2)15(22-3)9-13(12)19-17(23)20-16/h8-11H,4-7H2,1-3H3,(H2,18,19,20,23). The van der Waals surface area contributed by atoms with Crippen LogP contribution >= 0.6 is 12.2 Å². The van der Waals surface area contributed by atoms with Crippen molar-refractivity contribution in [1.29, 1.82) is 0 Å². The fourth-order valence-corrected chi connectivity index (χ4v) is 3.39. The number of benzene rings is 1. The molecule has 5 nitrogen and oxygen atoms in total. The highest BCUT2D eigenvalue weighted by atomic mass is 32.1. The number of fused-ring (bicyclic) bond motifs is 1. The summed E-state index contributed by atoms with van der Waals surface area (Å²) < 4.78 is 11.2. The van der Waals surface area contributed by atoms with Gasteiger partial charge < -0.3 is 19.8 Å². The summed E-state index contributed by atoms with van der Waals surface area (Å²) in [6.07, 6.45) is 4.85. The maximum absolute atomic E-state index is 5.41. The van der Waals surface area contributed by atoms with E-state index in [9.17, 15) is 0 Å². The number of nitrogens with one attached hydrogen (secondary N) is 2. The van der Waals surface area contributed by atoms with E-state index < -0.39 is 0 Å². The first kappa shape index (κ1) is 16.1. The Morgan fingerprint density at radius 1 is 1.13 bits per heavy atom. The number of rotatable bonds is 4. The van der Waals surface area contributed by atoms with Crippen molar-refractivity contribution in [2.45, 2.75) is 38.6 Å². The monoisotopic (exact) mass is 333 g/mol. The molecule has 0 amide bonds. The normalized spacial score (nSPS) is 21.2. The Morgan fingerprint density at radius 2 is 1.78 bits per heavy atom. The minimum absolute atomic E-state index is 0.451. The number of H-pyrrole nitrogens is 1. The SMILES string of the molecule is COc1cc2[nH]c(=S)nc(NC3CCC(C)CC3)c2cc1OC. The molecule has 124 valence electrons. The second-order valence-corrected chi connectivity index (χ2v) is 6.63. The van der Waals surface area contributed by atoms with Crippen molar-refractivity contribution >= 4 is 28.9 Å². The molecule has 0 atom stereocenters. The van der Waals surface area contributed by atoms with Crippen LogP contribution < -0.4 is 14.8 Å². The first-order valence-electron chi connectivity index (χ1n) is 8.03. The lowest BCUT2D eigenvalue weighted by Gasteiger charge is -2.27. The molecule has 23 heavy (non-hydrogen) atoms. The third-order valence-electron chi connectivity index (χ3n) is 4.59. The maximum Gasteiger partial charge on any atom is 0.199 e. The Labute approximate surface area is 141 Å². The van der Waals surface area contributed by atoms with Gasteiger partial charge in [-0.2, -0.15) is 0 Å². The number of nitrogens with zero attached hydrogens (tertiary/aromatic N) is 1. The molecule has 1 aliphatic carbocycles. The van der Waals surface area contributed by atoms with E-state index in [1.54, 1.807) is 14.2 Å². The average molecular weight is 333 g/mol. The van der Waals surface area contributed by atoms with Gasteiger partial charge in [0, 0.05) is 17.5 Å². The zero-order valence-electron chi connectivity index (χ0n) is 13.8. The number of aromatic amines is 1. The topological polar surface area (TPSA) is 59.2 Å². The van der Waals surface area contributed by atoms with Gasteiger partial charge in [-0.1, -0.05) is 6.92 Å². The van der Waals surface area contributed by atoms with E-state index in [0.29, 0.717) is 22.3 Å². The summed E-state index contributed by atoms with van der Waals surface area (Å²) in [5, 5.41) is 4.55. The molecule has 1 fully saturated rings. The van der Waals surface area contributed by atoms with Crippen molar-refractivity contribution in [3.63, 3.8) is 0 Å². The van der Waals surface area contributed by atoms with Crippen molar-refractivity contribution in [2.24, 2.45) is 5.92 Å². The maximum atomic E-state index is 5.41. The van der Waals surface area contributed by atoms with Crippen LogP contribution in [0.1, 0.15) is 32.6 Å². The van der Waals surface area contributed by atoms with Crippen LogP contribution in [0.3, 0.4) is 0 Å². The largest absolute Gasteiger partial charge is 0.493 e. The molecule has 6 heteroatoms. The van der Waals surface area contributed by atoms with Crippen LogP contribution in [0.2, 0.25) is 0 Å². The Kier molecular flexibility index (Phi) is 4.71. The van der Waals surface area contributed by atoms with Gasteiger partial charge in [0.1, 0.15) is 5.82 Å². The van der Waals surface area contributed by atoms with Gasteiger partial charge in [0.2, 0.25) is 0 Å². The van der Waals surface area contributed by atoms with Crippen LogP contribution in [0.4, 0.5) is 5.82 Å². The molecule has 0 unspecified atom stereocenters. The van der Waals surface area contributed by atoms with Crippen LogP contribution in [-0.4, -0.2) is 30.2 Å². The highest BCUT2D eigenvalue weighted by Gasteiger charge is 2.20. The Morgan fingerprint density at radius 3 is 2.43 bits per heavy atom. The fraction of sp³-hybridized carbons (Fsp3) is 0.529. The summed E-state index contributed by atoms with van der Waals surface area (Å²) in [6.45, 7) is 2.32. The Balaban J connectivity index is 2.00. The van der Waals surface area contributed by atoms with E-state index in [0.717, 1.165) is 22.6 Å². The molecule has 1 aliphatic rings. The Bertz CT molecular complexity index is 751. The highest BCUT2D eigenvalue weighted by molar-refractivity contribution is 7.71. The lowest BCUT2D eigenvalue weighted by Crippen LogP contribution is -2.25. The number of anilines is 1. The molecule has 1 saturated carbocycles. The van der Waals surface area contributed by atoms with Crippen LogP contribution in [0.25, 0.3) is 10.9 Å². The fourth-order valence-electron chi connectivity index (χ4n) is 3.19. The number of methoxy groups -OCH3 is 2. The molecule has 2 aromatic rings. The van der Waals surface area contributed by atoms with Crippen molar-refractivity contribution in [1.82, 2.24) is 9.97 Å². The van der Waals surface area contributed by atoms with Crippen molar-refractivity contribution in [2.75, 3.05) is 19.5 Å². The van der Waals surface area contributed by atoms with E-state index >= 15 is 0 Å². The summed E-state index contributed by atoms with van der Waals surface area (Å²) >= 11 is 5.28. The van der Waals surface area contributed by atoms with Crippen LogP contribution in [0.5, 0.6) is 11.5 Å². The molecule has 0 saturated heterocycles. The summed E-state index contributed by atoms with van der Waals surface area (Å²) in [4.78, 5) is 7.63. The van der Waals surface area contributed by atoms with Crippen molar-refractivity contribution < 1.29 is 9.47 Å². The van der Waals surface area contributed by atoms with Gasteiger partial charge in [-0.3, -0.25) is 0 Å². The van der Waals surface area contributed by atoms with Crippen LogP contribution in [0, 0.1) is 10.7 Å². The van der Waals surface area contributed by atoms with E-state index in [-0.39, 0.29) is 0 Å². The second-order valence-electron chi connectivity index (χ2n) is 6.24. The summed E-state index contributed by atoms with van der Waals surface area (Å²) in [6, 6.07) is 4.30. The smallest absolute Gasteiger partial charge is 0.199 e. The highest BCUT2D eigenvalue weighted by Crippen LogP contribution is 2.35. The molecule has 0 spiro atoms. The zero-order valence-corrected chi connectivity index (χ0v) is 14.6. The molecule has 1 heterocycles. The molecule has 1 aromatic carbocycles. The van der Waals surface area contributed by atoms with E-state index in [2.05, 4.69) is 22.2 Å². The molecule has 3 rings (SSSR count).